The van der Waals surface area contributed by atoms with E-state index in [9.17, 15) is 24.0 Å². The fourth-order valence-corrected chi connectivity index (χ4v) is 10.9. The molecule has 65 heavy (non-hydrogen) atoms. The number of benzene rings is 3. The number of carboxylic acid groups (broad SMARTS) is 1. The van der Waals surface area contributed by atoms with Crippen molar-refractivity contribution in [2.75, 3.05) is 49.1 Å². The molecule has 4 aliphatic rings. The maximum absolute atomic E-state index is 15.8. The molecule has 3 saturated heterocycles. The van der Waals surface area contributed by atoms with Crippen LogP contribution in [-0.2, 0) is 9.59 Å². The number of rotatable bonds is 9. The van der Waals surface area contributed by atoms with Gasteiger partial charge in [0.15, 0.2) is 0 Å². The van der Waals surface area contributed by atoms with Gasteiger partial charge in [-0.25, -0.2) is 13.6 Å². The number of pyridine rings is 1. The van der Waals surface area contributed by atoms with Crippen LogP contribution in [0, 0.1) is 39.7 Å². The number of fused-ring (bicyclic) bond motifs is 2. The van der Waals surface area contributed by atoms with E-state index >= 15 is 4.39 Å². The van der Waals surface area contributed by atoms with E-state index in [0.717, 1.165) is 63.8 Å². The van der Waals surface area contributed by atoms with E-state index in [0.29, 0.717) is 45.0 Å². The lowest BCUT2D eigenvalue weighted by Gasteiger charge is -2.63. The molecule has 1 saturated carbocycles. The first-order valence-electron chi connectivity index (χ1n) is 22.0. The van der Waals surface area contributed by atoms with Crippen LogP contribution in [-0.4, -0.2) is 101 Å². The lowest BCUT2D eigenvalue weighted by atomic mass is 9.49. The van der Waals surface area contributed by atoms with Gasteiger partial charge in [-0.05, 0) is 86.2 Å². The number of likely N-dealkylation sites (tertiary alicyclic amines) is 1. The number of carbonyl (C=O) groups is 4. The standard InChI is InChI=1S/C47H51F2N9O4.CH2O2/c1-46(2)43(47(3,4)44(46)62-39-10-8-30(25-50)41-33(39)6-5-16-51-41)54-42(60)29-7-9-36(35(49)22-29)56-19-11-28(12-20-56)27-55-17-13-32(14-18-55)58-38-24-31(48)23-37(34(38)26-52-58)57-21-15-40(59)53-45(57)61;2-1-3/h5-10,16,22-24,26,28,32,43-44H,11-15,17-21,27H2,1-4H3,(H,54,60)(H,53,59,61);1H,(H,2,3). The zero-order chi connectivity index (χ0) is 46.2. The van der Waals surface area contributed by atoms with Gasteiger partial charge in [0.25, 0.3) is 12.4 Å². The van der Waals surface area contributed by atoms with E-state index in [2.05, 4.69) is 64.3 Å². The Morgan fingerprint density at radius 3 is 2.37 bits per heavy atom. The molecule has 0 spiro atoms. The molecule has 4 fully saturated rings. The first-order chi connectivity index (χ1) is 31.1. The fraction of sp³-hybridized carbons (Fsp3) is 0.438. The van der Waals surface area contributed by atoms with Crippen molar-refractivity contribution in [3.63, 3.8) is 0 Å². The third-order valence-corrected chi connectivity index (χ3v) is 13.8. The molecule has 0 unspecified atom stereocenters. The van der Waals surface area contributed by atoms with Crippen LogP contribution < -0.4 is 25.2 Å². The lowest BCUT2D eigenvalue weighted by Crippen LogP contribution is -2.74. The highest BCUT2D eigenvalue weighted by Crippen LogP contribution is 2.56. The Bertz CT molecular complexity index is 2670. The van der Waals surface area contributed by atoms with E-state index in [4.69, 9.17) is 14.6 Å². The van der Waals surface area contributed by atoms with Gasteiger partial charge in [0, 0.05) is 85.1 Å². The number of piperidine rings is 2. The highest BCUT2D eigenvalue weighted by atomic mass is 19.1. The number of imide groups is 1. The molecule has 1 aliphatic carbocycles. The van der Waals surface area contributed by atoms with Crippen molar-refractivity contribution < 1.29 is 37.8 Å². The number of ether oxygens (including phenoxy) is 1. The quantitative estimate of drug-likeness (QED) is 0.129. The average molecular weight is 890 g/mol. The van der Waals surface area contributed by atoms with Crippen molar-refractivity contribution in [3.8, 4) is 11.8 Å². The minimum atomic E-state index is -0.558. The van der Waals surface area contributed by atoms with Gasteiger partial charge in [0.2, 0.25) is 5.91 Å². The number of carbonyl (C=O) groups excluding carboxylic acids is 3. The van der Waals surface area contributed by atoms with E-state index in [-0.39, 0.29) is 55.0 Å². The number of nitrogens with zero attached hydrogens (tertiary/aromatic N) is 7. The predicted octanol–water partition coefficient (Wildman–Crippen LogP) is 7.05. The Kier molecular flexibility index (Phi) is 12.5. The summed E-state index contributed by atoms with van der Waals surface area (Å²) in [5, 5.41) is 28.0. The van der Waals surface area contributed by atoms with Gasteiger partial charge in [-0.3, -0.25) is 34.3 Å². The first kappa shape index (κ1) is 44.9. The highest BCUT2D eigenvalue weighted by molar-refractivity contribution is 6.09. The minimum Gasteiger partial charge on any atom is -0.488 e. The topological polar surface area (TPSA) is 186 Å². The summed E-state index contributed by atoms with van der Waals surface area (Å²) in [5.41, 5.74) is 1.96. The first-order valence-corrected chi connectivity index (χ1v) is 22.0. The maximum atomic E-state index is 15.8. The van der Waals surface area contributed by atoms with Crippen LogP contribution in [0.1, 0.15) is 81.8 Å². The summed E-state index contributed by atoms with van der Waals surface area (Å²) >= 11 is 0. The van der Waals surface area contributed by atoms with Gasteiger partial charge < -0.3 is 25.0 Å². The van der Waals surface area contributed by atoms with Crippen molar-refractivity contribution in [3.05, 3.63) is 89.8 Å². The predicted molar refractivity (Wildman–Crippen MR) is 240 cm³/mol. The molecule has 3 aliphatic heterocycles. The minimum absolute atomic E-state index is 0.0850. The number of aromatic nitrogens is 3. The molecule has 5 aromatic rings. The second-order valence-corrected chi connectivity index (χ2v) is 18.6. The van der Waals surface area contributed by atoms with Gasteiger partial charge in [-0.15, -0.1) is 0 Å². The zero-order valence-corrected chi connectivity index (χ0v) is 36.9. The Labute approximate surface area is 375 Å². The number of hydrogen-bond acceptors (Lipinski definition) is 10. The molecule has 3 aromatic carbocycles. The molecular weight excluding hydrogens is 837 g/mol. The molecule has 0 radical (unpaired) electrons. The summed E-state index contributed by atoms with van der Waals surface area (Å²) in [5.74, 6) is -0.455. The number of anilines is 2. The molecule has 340 valence electrons. The summed E-state index contributed by atoms with van der Waals surface area (Å²) in [6.07, 6.45) is 6.78. The maximum Gasteiger partial charge on any atom is 0.328 e. The molecule has 4 amide bonds. The molecule has 0 bridgehead atoms. The fourth-order valence-electron chi connectivity index (χ4n) is 10.9. The Morgan fingerprint density at radius 1 is 0.969 bits per heavy atom. The smallest absolute Gasteiger partial charge is 0.328 e. The number of amides is 4. The summed E-state index contributed by atoms with van der Waals surface area (Å²) in [7, 11) is 0. The number of nitrogens with one attached hydrogen (secondary N) is 2. The van der Waals surface area contributed by atoms with Crippen LogP contribution in [0.2, 0.25) is 0 Å². The van der Waals surface area contributed by atoms with E-state index in [1.807, 2.05) is 16.8 Å². The second-order valence-electron chi connectivity index (χ2n) is 18.6. The Morgan fingerprint density at radius 2 is 1.69 bits per heavy atom. The van der Waals surface area contributed by atoms with Crippen molar-refractivity contribution in [2.24, 2.45) is 16.7 Å². The van der Waals surface area contributed by atoms with E-state index in [1.165, 1.54) is 23.1 Å². The molecule has 15 nitrogen and oxygen atoms in total. The zero-order valence-electron chi connectivity index (χ0n) is 36.9. The van der Waals surface area contributed by atoms with E-state index in [1.54, 1.807) is 36.7 Å². The molecule has 0 atom stereocenters. The second kappa shape index (κ2) is 18.1. The molecule has 2 aromatic heterocycles. The summed E-state index contributed by atoms with van der Waals surface area (Å²) in [6.45, 7) is 12.3. The average Bonchev–Trinajstić information content (AvgIpc) is 3.71. The molecule has 3 N–H and O–H groups in total. The van der Waals surface area contributed by atoms with Crippen LogP contribution in [0.3, 0.4) is 0 Å². The molecule has 17 heteroatoms. The number of halogens is 2. The van der Waals surface area contributed by atoms with Gasteiger partial charge in [-0.2, -0.15) is 10.4 Å². The highest BCUT2D eigenvalue weighted by Gasteiger charge is 2.64. The normalized spacial score (nSPS) is 21.2. The summed E-state index contributed by atoms with van der Waals surface area (Å²) in [6, 6.07) is 16.3. The van der Waals surface area contributed by atoms with Gasteiger partial charge in [0.1, 0.15) is 29.6 Å². The molecule has 9 rings (SSSR count). The Hall–Kier alpha value is -6.67. The van der Waals surface area contributed by atoms with E-state index < -0.39 is 28.5 Å². The molecular formula is C48H53F2N9O6. The van der Waals surface area contributed by atoms with Crippen molar-refractivity contribution in [2.45, 2.75) is 78.0 Å². The van der Waals surface area contributed by atoms with Gasteiger partial charge in [-0.1, -0.05) is 27.7 Å². The van der Waals surface area contributed by atoms with Crippen LogP contribution >= 0.6 is 0 Å². The largest absolute Gasteiger partial charge is 0.488 e. The molecule has 5 heterocycles. The SMILES string of the molecule is CC1(C)C(NC(=O)c2ccc(N3CCC(CN4CCC(n5ncc6c(N7CCC(=O)NC7=O)cc(F)cc65)CC4)CC3)c(F)c2)C(C)(C)C1Oc1ccc(C#N)c2ncccc12.O=CO. The van der Waals surface area contributed by atoms with Crippen LogP contribution in [0.25, 0.3) is 21.8 Å². The third kappa shape index (κ3) is 8.66. The van der Waals surface area contributed by atoms with Crippen LogP contribution in [0.15, 0.2) is 67.0 Å². The number of urea groups is 1. The van der Waals surface area contributed by atoms with Crippen LogP contribution in [0.5, 0.6) is 5.75 Å². The monoisotopic (exact) mass is 889 g/mol. The Balaban J connectivity index is 0.00000187. The van der Waals surface area contributed by atoms with Crippen LogP contribution in [0.4, 0.5) is 25.0 Å². The van der Waals surface area contributed by atoms with Crippen molar-refractivity contribution in [1.29, 1.82) is 5.26 Å². The number of nitriles is 1. The van der Waals surface area contributed by atoms with Gasteiger partial charge in [0.05, 0.1) is 40.2 Å². The van der Waals surface area contributed by atoms with Crippen molar-refractivity contribution in [1.82, 2.24) is 30.3 Å². The van der Waals surface area contributed by atoms with Gasteiger partial charge >= 0.3 is 6.03 Å². The third-order valence-electron chi connectivity index (χ3n) is 13.8. The van der Waals surface area contributed by atoms with Crippen molar-refractivity contribution >= 4 is 57.5 Å². The summed E-state index contributed by atoms with van der Waals surface area (Å²) in [4.78, 5) is 56.6. The number of hydrogen-bond donors (Lipinski definition) is 3. The lowest BCUT2D eigenvalue weighted by molar-refractivity contribution is -0.163. The summed E-state index contributed by atoms with van der Waals surface area (Å²) < 4.78 is 39.2.